The van der Waals surface area contributed by atoms with Crippen molar-refractivity contribution in [1.29, 1.82) is 0 Å². The number of nitrogens with one attached hydrogen (secondary N) is 1. The molecule has 1 atom stereocenters. The van der Waals surface area contributed by atoms with E-state index in [1.807, 2.05) is 30.3 Å². The van der Waals surface area contributed by atoms with Crippen LogP contribution in [-0.4, -0.2) is 13.2 Å². The lowest BCUT2D eigenvalue weighted by Crippen LogP contribution is -2.23. The molecule has 0 fully saturated rings. The summed E-state index contributed by atoms with van der Waals surface area (Å²) in [6, 6.07) is 18.9. The number of aryl methyl sites for hydroxylation is 1. The van der Waals surface area contributed by atoms with Crippen molar-refractivity contribution in [3.63, 3.8) is 0 Å². The van der Waals surface area contributed by atoms with E-state index in [4.69, 9.17) is 4.74 Å². The van der Waals surface area contributed by atoms with Gasteiger partial charge in [0.2, 0.25) is 0 Å². The van der Waals surface area contributed by atoms with E-state index in [9.17, 15) is 0 Å². The Kier molecular flexibility index (Phi) is 5.63. The van der Waals surface area contributed by atoms with Gasteiger partial charge in [0.05, 0.1) is 6.61 Å². The van der Waals surface area contributed by atoms with E-state index in [2.05, 4.69) is 43.4 Å². The molecule has 0 aliphatic heterocycles. The summed E-state index contributed by atoms with van der Waals surface area (Å²) in [7, 11) is 0. The van der Waals surface area contributed by atoms with E-state index < -0.39 is 0 Å². The maximum absolute atomic E-state index is 5.80. The second kappa shape index (κ2) is 7.71. The van der Waals surface area contributed by atoms with Gasteiger partial charge in [-0.3, -0.25) is 0 Å². The molecule has 0 saturated carbocycles. The predicted molar refractivity (Wildman–Crippen MR) is 84.2 cm³/mol. The molecule has 0 heterocycles. The number of ether oxygens (including phenoxy) is 1. The average molecular weight is 269 g/mol. The van der Waals surface area contributed by atoms with Crippen molar-refractivity contribution in [2.45, 2.75) is 26.3 Å². The average Bonchev–Trinajstić information content (AvgIpc) is 2.48. The summed E-state index contributed by atoms with van der Waals surface area (Å²) in [5.74, 6) is 0.938. The predicted octanol–water partition coefficient (Wildman–Crippen LogP) is 4.11. The normalized spacial score (nSPS) is 12.1. The fraction of sp³-hybridized carbons (Fsp3) is 0.333. The molecule has 2 aromatic carbocycles. The number of rotatable bonds is 7. The Labute approximate surface area is 121 Å². The summed E-state index contributed by atoms with van der Waals surface area (Å²) in [6.07, 6.45) is 0.966. The summed E-state index contributed by atoms with van der Waals surface area (Å²) in [4.78, 5) is 0. The third-order valence-corrected chi connectivity index (χ3v) is 3.43. The minimum atomic E-state index is 0.352. The van der Waals surface area contributed by atoms with Crippen molar-refractivity contribution in [2.24, 2.45) is 0 Å². The lowest BCUT2D eigenvalue weighted by atomic mass is 9.99. The van der Waals surface area contributed by atoms with E-state index in [0.29, 0.717) is 6.04 Å². The quantitative estimate of drug-likeness (QED) is 0.816. The van der Waals surface area contributed by atoms with Crippen LogP contribution in [0.25, 0.3) is 0 Å². The summed E-state index contributed by atoms with van der Waals surface area (Å²) in [6.45, 7) is 5.99. The Morgan fingerprint density at radius 2 is 1.70 bits per heavy atom. The first-order valence-electron chi connectivity index (χ1n) is 7.28. The molecule has 2 heteroatoms. The zero-order valence-corrected chi connectivity index (χ0v) is 12.3. The topological polar surface area (TPSA) is 21.3 Å². The third kappa shape index (κ3) is 4.10. The molecule has 0 spiro atoms. The smallest absolute Gasteiger partial charge is 0.119 e. The molecule has 20 heavy (non-hydrogen) atoms. The van der Waals surface area contributed by atoms with Gasteiger partial charge in [0.25, 0.3) is 0 Å². The van der Waals surface area contributed by atoms with Gasteiger partial charge >= 0.3 is 0 Å². The van der Waals surface area contributed by atoms with Crippen LogP contribution >= 0.6 is 0 Å². The molecule has 0 bridgehead atoms. The first-order chi connectivity index (χ1) is 9.81. The first kappa shape index (κ1) is 14.6. The SMILES string of the molecule is CCNC(CCOc1ccccc1)c1ccccc1C. The van der Waals surface area contributed by atoms with Crippen LogP contribution < -0.4 is 10.1 Å². The zero-order valence-electron chi connectivity index (χ0n) is 12.3. The monoisotopic (exact) mass is 269 g/mol. The van der Waals surface area contributed by atoms with Crippen molar-refractivity contribution < 1.29 is 4.74 Å². The van der Waals surface area contributed by atoms with Crippen molar-refractivity contribution in [2.75, 3.05) is 13.2 Å². The largest absolute Gasteiger partial charge is 0.494 e. The molecule has 1 N–H and O–H groups in total. The minimum absolute atomic E-state index is 0.352. The van der Waals surface area contributed by atoms with Crippen LogP contribution in [0, 0.1) is 6.92 Å². The highest BCUT2D eigenvalue weighted by atomic mass is 16.5. The van der Waals surface area contributed by atoms with Crippen LogP contribution in [0.5, 0.6) is 5.75 Å². The van der Waals surface area contributed by atoms with Crippen molar-refractivity contribution in [3.8, 4) is 5.75 Å². The first-order valence-corrected chi connectivity index (χ1v) is 7.28. The molecule has 0 aliphatic rings. The standard InChI is InChI=1S/C18H23NO/c1-3-19-18(17-12-8-7-9-15(17)2)13-14-20-16-10-5-4-6-11-16/h4-12,18-19H,3,13-14H2,1-2H3. The van der Waals surface area contributed by atoms with Crippen LogP contribution in [0.2, 0.25) is 0 Å². The van der Waals surface area contributed by atoms with Gasteiger partial charge < -0.3 is 10.1 Å². The Hall–Kier alpha value is -1.80. The van der Waals surface area contributed by atoms with E-state index in [1.165, 1.54) is 11.1 Å². The van der Waals surface area contributed by atoms with Crippen LogP contribution in [0.3, 0.4) is 0 Å². The number of hydrogen-bond acceptors (Lipinski definition) is 2. The van der Waals surface area contributed by atoms with Gasteiger partial charge in [0.1, 0.15) is 5.75 Å². The van der Waals surface area contributed by atoms with Gasteiger partial charge in [0.15, 0.2) is 0 Å². The van der Waals surface area contributed by atoms with E-state index in [0.717, 1.165) is 25.3 Å². The molecular weight excluding hydrogens is 246 g/mol. The third-order valence-electron chi connectivity index (χ3n) is 3.43. The van der Waals surface area contributed by atoms with Crippen molar-refractivity contribution in [3.05, 3.63) is 65.7 Å². The summed E-state index contributed by atoms with van der Waals surface area (Å²) < 4.78 is 5.80. The highest BCUT2D eigenvalue weighted by Gasteiger charge is 2.12. The summed E-state index contributed by atoms with van der Waals surface area (Å²) in [5, 5.41) is 3.55. The Morgan fingerprint density at radius 1 is 1.00 bits per heavy atom. The Balaban J connectivity index is 1.95. The second-order valence-corrected chi connectivity index (χ2v) is 4.92. The van der Waals surface area contributed by atoms with Crippen LogP contribution in [0.1, 0.15) is 30.5 Å². The summed E-state index contributed by atoms with van der Waals surface area (Å²) in [5.41, 5.74) is 2.70. The van der Waals surface area contributed by atoms with E-state index in [-0.39, 0.29) is 0 Å². The second-order valence-electron chi connectivity index (χ2n) is 4.92. The van der Waals surface area contributed by atoms with Crippen molar-refractivity contribution in [1.82, 2.24) is 5.32 Å². The molecule has 2 aromatic rings. The zero-order chi connectivity index (χ0) is 14.2. The minimum Gasteiger partial charge on any atom is -0.494 e. The highest BCUT2D eigenvalue weighted by molar-refractivity contribution is 5.28. The lowest BCUT2D eigenvalue weighted by Gasteiger charge is -2.20. The van der Waals surface area contributed by atoms with Gasteiger partial charge in [-0.05, 0) is 36.7 Å². The molecular formula is C18H23NO. The van der Waals surface area contributed by atoms with Gasteiger partial charge in [-0.25, -0.2) is 0 Å². The van der Waals surface area contributed by atoms with Crippen LogP contribution in [0.4, 0.5) is 0 Å². The summed E-state index contributed by atoms with van der Waals surface area (Å²) >= 11 is 0. The van der Waals surface area contributed by atoms with Gasteiger partial charge in [0, 0.05) is 12.5 Å². The molecule has 0 amide bonds. The maximum Gasteiger partial charge on any atom is 0.119 e. The van der Waals surface area contributed by atoms with Gasteiger partial charge in [-0.1, -0.05) is 49.4 Å². The Bertz CT molecular complexity index is 510. The Morgan fingerprint density at radius 3 is 2.40 bits per heavy atom. The van der Waals surface area contributed by atoms with Crippen molar-refractivity contribution >= 4 is 0 Å². The maximum atomic E-state index is 5.80. The molecule has 0 radical (unpaired) electrons. The highest BCUT2D eigenvalue weighted by Crippen LogP contribution is 2.21. The number of para-hydroxylation sites is 1. The van der Waals surface area contributed by atoms with Crippen LogP contribution in [0.15, 0.2) is 54.6 Å². The number of benzene rings is 2. The van der Waals surface area contributed by atoms with Gasteiger partial charge in [-0.2, -0.15) is 0 Å². The fourth-order valence-corrected chi connectivity index (χ4v) is 2.40. The van der Waals surface area contributed by atoms with E-state index >= 15 is 0 Å². The van der Waals surface area contributed by atoms with Crippen LogP contribution in [-0.2, 0) is 0 Å². The lowest BCUT2D eigenvalue weighted by molar-refractivity contribution is 0.287. The number of hydrogen-bond donors (Lipinski definition) is 1. The molecule has 1 unspecified atom stereocenters. The molecule has 106 valence electrons. The molecule has 0 aliphatic carbocycles. The molecule has 2 rings (SSSR count). The molecule has 2 nitrogen and oxygen atoms in total. The van der Waals surface area contributed by atoms with E-state index in [1.54, 1.807) is 0 Å². The fourth-order valence-electron chi connectivity index (χ4n) is 2.40. The molecule has 0 saturated heterocycles. The van der Waals surface area contributed by atoms with Gasteiger partial charge in [-0.15, -0.1) is 0 Å². The molecule has 0 aromatic heterocycles.